The fourth-order valence-corrected chi connectivity index (χ4v) is 3.20. The minimum Gasteiger partial charge on any atom is -0.487 e. The van der Waals surface area contributed by atoms with E-state index < -0.39 is 0 Å². The highest BCUT2D eigenvalue weighted by Gasteiger charge is 2.17. The van der Waals surface area contributed by atoms with Crippen LogP contribution >= 0.6 is 0 Å². The Morgan fingerprint density at radius 2 is 2.19 bits per heavy atom. The zero-order chi connectivity index (χ0) is 18.8. The molecule has 6 nitrogen and oxygen atoms in total. The van der Waals surface area contributed by atoms with Gasteiger partial charge in [-0.1, -0.05) is 24.3 Å². The third-order valence-corrected chi connectivity index (χ3v) is 4.45. The third kappa shape index (κ3) is 3.53. The molecule has 3 aromatic rings. The maximum Gasteiger partial charge on any atom is 0.221 e. The van der Waals surface area contributed by atoms with Gasteiger partial charge in [0, 0.05) is 29.8 Å². The molecular weight excluding hydrogens is 340 g/mol. The Morgan fingerprint density at radius 1 is 1.30 bits per heavy atom. The number of nitrogens with one attached hydrogen (secondary N) is 1. The first-order chi connectivity index (χ1) is 13.1. The molecule has 1 aliphatic heterocycles. The van der Waals surface area contributed by atoms with E-state index in [2.05, 4.69) is 11.4 Å². The summed E-state index contributed by atoms with van der Waals surface area (Å²) in [6, 6.07) is 17.7. The van der Waals surface area contributed by atoms with Crippen LogP contribution in [0.15, 0.2) is 48.5 Å². The number of carbonyl (C=O) groups is 1. The summed E-state index contributed by atoms with van der Waals surface area (Å²) in [5.74, 6) is 0.643. The number of hydrogen-bond donors (Lipinski definition) is 1. The van der Waals surface area contributed by atoms with Crippen LogP contribution in [0, 0.1) is 11.3 Å². The van der Waals surface area contributed by atoms with Gasteiger partial charge in [0.2, 0.25) is 5.91 Å². The van der Waals surface area contributed by atoms with Gasteiger partial charge >= 0.3 is 0 Å². The number of fused-ring (bicyclic) bond motifs is 2. The Balaban J connectivity index is 1.63. The van der Waals surface area contributed by atoms with Crippen LogP contribution < -0.4 is 10.1 Å². The van der Waals surface area contributed by atoms with Crippen molar-refractivity contribution in [2.45, 2.75) is 26.5 Å². The first-order valence-corrected chi connectivity index (χ1v) is 8.68. The van der Waals surface area contributed by atoms with Crippen molar-refractivity contribution >= 4 is 11.6 Å². The highest BCUT2D eigenvalue weighted by Crippen LogP contribution is 2.30. The van der Waals surface area contributed by atoms with Crippen LogP contribution in [0.4, 0.5) is 5.69 Å². The SMILES string of the molecule is CC(=O)Nc1ccc2c(c1)OCc1cc(-c3cccc(CC#N)c3)nn1C2. The summed E-state index contributed by atoms with van der Waals surface area (Å²) in [5.41, 5.74) is 5.54. The normalized spacial score (nSPS) is 12.1. The largest absolute Gasteiger partial charge is 0.487 e. The van der Waals surface area contributed by atoms with E-state index in [9.17, 15) is 4.79 Å². The summed E-state index contributed by atoms with van der Waals surface area (Å²) in [5, 5.41) is 16.4. The Morgan fingerprint density at radius 3 is 3.00 bits per heavy atom. The fraction of sp³-hybridized carbons (Fsp3) is 0.190. The van der Waals surface area contributed by atoms with E-state index in [1.54, 1.807) is 0 Å². The monoisotopic (exact) mass is 358 g/mol. The predicted octanol–water partition coefficient (Wildman–Crippen LogP) is 3.52. The van der Waals surface area contributed by atoms with Crippen molar-refractivity contribution in [3.63, 3.8) is 0 Å². The molecule has 134 valence electrons. The standard InChI is InChI=1S/C21H18N4O2/c1-14(26)23-18-6-5-17-12-25-19(13-27-21(17)10-18)11-20(24-25)16-4-2-3-15(9-16)7-8-22/h2-6,9-11H,7,12-13H2,1H3,(H,23,26). The number of benzene rings is 2. The molecule has 27 heavy (non-hydrogen) atoms. The second-order valence-electron chi connectivity index (χ2n) is 6.51. The number of ether oxygens (including phenoxy) is 1. The third-order valence-electron chi connectivity index (χ3n) is 4.45. The summed E-state index contributed by atoms with van der Waals surface area (Å²) in [4.78, 5) is 11.2. The smallest absolute Gasteiger partial charge is 0.221 e. The van der Waals surface area contributed by atoms with Gasteiger partial charge in [0.15, 0.2) is 0 Å². The summed E-state index contributed by atoms with van der Waals surface area (Å²) < 4.78 is 7.89. The van der Waals surface area contributed by atoms with Crippen LogP contribution in [0.5, 0.6) is 5.75 Å². The van der Waals surface area contributed by atoms with Crippen molar-refractivity contribution in [3.05, 3.63) is 65.4 Å². The molecule has 6 heteroatoms. The van der Waals surface area contributed by atoms with Crippen LogP contribution in [-0.4, -0.2) is 15.7 Å². The topological polar surface area (TPSA) is 79.9 Å². The van der Waals surface area contributed by atoms with Crippen LogP contribution in [0.25, 0.3) is 11.3 Å². The molecule has 1 aliphatic rings. The van der Waals surface area contributed by atoms with E-state index in [0.717, 1.165) is 39.5 Å². The van der Waals surface area contributed by atoms with E-state index >= 15 is 0 Å². The molecule has 0 fully saturated rings. The van der Waals surface area contributed by atoms with E-state index in [-0.39, 0.29) is 5.91 Å². The highest BCUT2D eigenvalue weighted by molar-refractivity contribution is 5.88. The lowest BCUT2D eigenvalue weighted by Gasteiger charge is -2.09. The van der Waals surface area contributed by atoms with Gasteiger partial charge in [-0.2, -0.15) is 10.4 Å². The van der Waals surface area contributed by atoms with Gasteiger partial charge in [-0.05, 0) is 23.8 Å². The molecule has 2 heterocycles. The number of carbonyl (C=O) groups excluding carboxylic acids is 1. The molecule has 0 unspecified atom stereocenters. The van der Waals surface area contributed by atoms with Crippen molar-refractivity contribution in [1.82, 2.24) is 9.78 Å². The summed E-state index contributed by atoms with van der Waals surface area (Å²) in [7, 11) is 0. The zero-order valence-electron chi connectivity index (χ0n) is 14.9. The van der Waals surface area contributed by atoms with Crippen LogP contribution in [0.3, 0.4) is 0 Å². The summed E-state index contributed by atoms with van der Waals surface area (Å²) in [6.45, 7) is 2.49. The second kappa shape index (κ2) is 6.96. The number of rotatable bonds is 3. The van der Waals surface area contributed by atoms with Crippen molar-refractivity contribution in [3.8, 4) is 23.1 Å². The lowest BCUT2D eigenvalue weighted by Crippen LogP contribution is -2.06. The van der Waals surface area contributed by atoms with Crippen LogP contribution in [0.1, 0.15) is 23.7 Å². The van der Waals surface area contributed by atoms with Gasteiger partial charge < -0.3 is 10.1 Å². The Hall–Kier alpha value is -3.59. The lowest BCUT2D eigenvalue weighted by atomic mass is 10.1. The number of nitrogens with zero attached hydrogens (tertiary/aromatic N) is 3. The molecule has 0 saturated heterocycles. The maximum absolute atomic E-state index is 11.2. The molecule has 0 saturated carbocycles. The summed E-state index contributed by atoms with van der Waals surface area (Å²) in [6.07, 6.45) is 0.383. The molecule has 0 bridgehead atoms. The van der Waals surface area contributed by atoms with Gasteiger partial charge in [0.25, 0.3) is 0 Å². The van der Waals surface area contributed by atoms with Gasteiger partial charge in [-0.3, -0.25) is 9.48 Å². The molecule has 0 spiro atoms. The number of hydrogen-bond acceptors (Lipinski definition) is 4. The molecule has 1 aromatic heterocycles. The lowest BCUT2D eigenvalue weighted by molar-refractivity contribution is -0.114. The fourth-order valence-electron chi connectivity index (χ4n) is 3.20. The molecule has 1 amide bonds. The van der Waals surface area contributed by atoms with E-state index in [1.807, 2.05) is 53.2 Å². The molecule has 0 atom stereocenters. The Kier molecular flexibility index (Phi) is 4.35. The number of amides is 1. The number of aromatic nitrogens is 2. The average Bonchev–Trinajstić information content (AvgIpc) is 2.97. The molecule has 0 radical (unpaired) electrons. The van der Waals surface area contributed by atoms with Crippen LogP contribution in [0.2, 0.25) is 0 Å². The van der Waals surface area contributed by atoms with Crippen molar-refractivity contribution in [1.29, 1.82) is 5.26 Å². The number of anilines is 1. The van der Waals surface area contributed by atoms with Gasteiger partial charge in [-0.25, -0.2) is 0 Å². The maximum atomic E-state index is 11.2. The van der Waals surface area contributed by atoms with Crippen LogP contribution in [-0.2, 0) is 24.4 Å². The average molecular weight is 358 g/mol. The van der Waals surface area contributed by atoms with E-state index in [0.29, 0.717) is 19.6 Å². The van der Waals surface area contributed by atoms with E-state index in [1.165, 1.54) is 6.92 Å². The van der Waals surface area contributed by atoms with Gasteiger partial charge in [0.05, 0.1) is 30.4 Å². The molecule has 0 aliphatic carbocycles. The highest BCUT2D eigenvalue weighted by atomic mass is 16.5. The van der Waals surface area contributed by atoms with Crippen molar-refractivity contribution in [2.75, 3.05) is 5.32 Å². The van der Waals surface area contributed by atoms with Crippen molar-refractivity contribution in [2.24, 2.45) is 0 Å². The first-order valence-electron chi connectivity index (χ1n) is 8.68. The molecule has 2 aromatic carbocycles. The first kappa shape index (κ1) is 16.9. The zero-order valence-corrected chi connectivity index (χ0v) is 14.9. The van der Waals surface area contributed by atoms with Gasteiger partial charge in [-0.15, -0.1) is 0 Å². The molecular formula is C21H18N4O2. The van der Waals surface area contributed by atoms with E-state index in [4.69, 9.17) is 15.1 Å². The number of nitriles is 1. The Labute approximate surface area is 157 Å². The predicted molar refractivity (Wildman–Crippen MR) is 101 cm³/mol. The Bertz CT molecular complexity index is 1060. The quantitative estimate of drug-likeness (QED) is 0.777. The summed E-state index contributed by atoms with van der Waals surface area (Å²) >= 11 is 0. The van der Waals surface area contributed by atoms with Gasteiger partial charge in [0.1, 0.15) is 12.4 Å². The second-order valence-corrected chi connectivity index (χ2v) is 6.51. The molecule has 1 N–H and O–H groups in total. The minimum absolute atomic E-state index is 0.111. The van der Waals surface area contributed by atoms with Crippen molar-refractivity contribution < 1.29 is 9.53 Å². The minimum atomic E-state index is -0.111. The molecule has 4 rings (SSSR count).